The molecule has 1 saturated carbocycles. The van der Waals surface area contributed by atoms with Crippen molar-refractivity contribution in [1.82, 2.24) is 4.57 Å². The largest absolute Gasteiger partial charge is 0.491 e. The van der Waals surface area contributed by atoms with Gasteiger partial charge in [0.15, 0.2) is 0 Å². The predicted octanol–water partition coefficient (Wildman–Crippen LogP) is 3.42. The molecule has 1 aliphatic rings. The van der Waals surface area contributed by atoms with Gasteiger partial charge in [-0.1, -0.05) is 31.7 Å². The van der Waals surface area contributed by atoms with Crippen LogP contribution < -0.4 is 15.3 Å². The second-order valence-electron chi connectivity index (χ2n) is 7.65. The first kappa shape index (κ1) is 23.6. The van der Waals surface area contributed by atoms with Crippen LogP contribution in [0.2, 0.25) is 0 Å². The predicted molar refractivity (Wildman–Crippen MR) is 125 cm³/mol. The first-order valence-electron chi connectivity index (χ1n) is 10.7. The molecule has 1 aromatic carbocycles. The number of ether oxygens (including phenoxy) is 1. The zero-order valence-electron chi connectivity index (χ0n) is 18.4. The molecule has 170 valence electrons. The number of nitrogens with one attached hydrogen (secondary N) is 1. The van der Waals surface area contributed by atoms with Crippen LogP contribution in [0.1, 0.15) is 38.7 Å². The molecule has 0 radical (unpaired) electrons. The summed E-state index contributed by atoms with van der Waals surface area (Å²) in [6.45, 7) is 7.70. The van der Waals surface area contributed by atoms with Crippen molar-refractivity contribution in [3.63, 3.8) is 0 Å². The molecule has 6 nitrogen and oxygen atoms in total. The number of nitrogens with zero attached hydrogens (tertiary/aromatic N) is 2. The molecule has 8 heteroatoms. The van der Waals surface area contributed by atoms with Crippen molar-refractivity contribution < 1.29 is 17.5 Å². The number of allylic oxidation sites excluding steroid dienone is 1. The van der Waals surface area contributed by atoms with Crippen LogP contribution in [0.25, 0.3) is 23.4 Å². The van der Waals surface area contributed by atoms with E-state index < -0.39 is 16.7 Å². The summed E-state index contributed by atoms with van der Waals surface area (Å²) in [5.74, 6) is 0.321. The highest BCUT2D eigenvalue weighted by atomic mass is 32.2. The molecule has 0 saturated heterocycles. The molecule has 32 heavy (non-hydrogen) atoms. The third-order valence-electron chi connectivity index (χ3n) is 5.23. The SMILES string of the molecule is C=C(/C=c1\c(=C/C)c(C#N)c(-c2ccc(NS(=O)(=O)C3CC3)cc2)n1CCC)OCCF. The van der Waals surface area contributed by atoms with E-state index in [0.29, 0.717) is 36.4 Å². The molecule has 1 aromatic heterocycles. The second kappa shape index (κ2) is 10.0. The van der Waals surface area contributed by atoms with E-state index in [-0.39, 0.29) is 11.9 Å². The molecule has 0 atom stereocenters. The van der Waals surface area contributed by atoms with Crippen LogP contribution in [0.15, 0.2) is 36.6 Å². The molecule has 0 spiro atoms. The maximum atomic E-state index is 12.5. The van der Waals surface area contributed by atoms with Gasteiger partial charge in [0.2, 0.25) is 10.0 Å². The summed E-state index contributed by atoms with van der Waals surface area (Å²) < 4.78 is 46.9. The maximum Gasteiger partial charge on any atom is 0.235 e. The van der Waals surface area contributed by atoms with Gasteiger partial charge in [0.25, 0.3) is 0 Å². The van der Waals surface area contributed by atoms with E-state index in [1.807, 2.05) is 36.6 Å². The van der Waals surface area contributed by atoms with E-state index in [1.54, 1.807) is 18.2 Å². The number of sulfonamides is 1. The molecule has 0 amide bonds. The van der Waals surface area contributed by atoms with Crippen molar-refractivity contribution in [3.05, 3.63) is 52.7 Å². The number of anilines is 1. The van der Waals surface area contributed by atoms with E-state index in [9.17, 15) is 18.1 Å². The second-order valence-corrected chi connectivity index (χ2v) is 9.61. The van der Waals surface area contributed by atoms with Crippen LogP contribution >= 0.6 is 0 Å². The normalized spacial score (nSPS) is 14.9. The molecule has 1 fully saturated rings. The van der Waals surface area contributed by atoms with E-state index in [4.69, 9.17) is 4.74 Å². The Hall–Kier alpha value is -3.05. The summed E-state index contributed by atoms with van der Waals surface area (Å²) in [6.07, 6.45) is 5.80. The van der Waals surface area contributed by atoms with Gasteiger partial charge < -0.3 is 9.30 Å². The van der Waals surface area contributed by atoms with Crippen LogP contribution in [0.5, 0.6) is 0 Å². The van der Waals surface area contributed by atoms with Crippen LogP contribution in [0.3, 0.4) is 0 Å². The van der Waals surface area contributed by atoms with Crippen LogP contribution in [0, 0.1) is 11.3 Å². The Morgan fingerprint density at radius 2 is 2.06 bits per heavy atom. The number of hydrogen-bond acceptors (Lipinski definition) is 4. The topological polar surface area (TPSA) is 84.1 Å². The highest BCUT2D eigenvalue weighted by Crippen LogP contribution is 2.30. The highest BCUT2D eigenvalue weighted by Gasteiger charge is 2.35. The third-order valence-corrected chi connectivity index (χ3v) is 7.10. The minimum Gasteiger partial charge on any atom is -0.491 e. The van der Waals surface area contributed by atoms with E-state index in [0.717, 1.165) is 28.2 Å². The van der Waals surface area contributed by atoms with Crippen molar-refractivity contribution in [3.8, 4) is 17.3 Å². The highest BCUT2D eigenvalue weighted by molar-refractivity contribution is 7.93. The number of alkyl halides is 1. The molecule has 2 aromatic rings. The van der Waals surface area contributed by atoms with Crippen molar-refractivity contribution in [2.45, 2.75) is 44.9 Å². The minimum absolute atomic E-state index is 0.0782. The Labute approximate surface area is 188 Å². The first-order valence-corrected chi connectivity index (χ1v) is 12.2. The maximum absolute atomic E-state index is 12.5. The standard InChI is InChI=1S/C24H28FN3O3S/c1-4-13-28-23(15-17(3)31-14-12-25)21(5-2)22(16-26)24(28)18-6-8-19(9-7-18)27-32(29,30)20-10-11-20/h5-9,15,20,27H,3-4,10-14H2,1-2H3/b21-5-,23-15+. The lowest BCUT2D eigenvalue weighted by atomic mass is 10.1. The van der Waals surface area contributed by atoms with Gasteiger partial charge >= 0.3 is 0 Å². The lowest BCUT2D eigenvalue weighted by Gasteiger charge is -2.12. The Morgan fingerprint density at radius 1 is 1.38 bits per heavy atom. The third kappa shape index (κ3) is 5.05. The van der Waals surface area contributed by atoms with Crippen molar-refractivity contribution >= 4 is 27.9 Å². The minimum atomic E-state index is -3.34. The van der Waals surface area contributed by atoms with Gasteiger partial charge in [-0.3, -0.25) is 4.72 Å². The van der Waals surface area contributed by atoms with Gasteiger partial charge in [0.05, 0.1) is 21.9 Å². The van der Waals surface area contributed by atoms with Crippen LogP contribution in [-0.2, 0) is 21.3 Å². The van der Waals surface area contributed by atoms with Crippen LogP contribution in [0.4, 0.5) is 10.1 Å². The fourth-order valence-corrected chi connectivity index (χ4v) is 5.05. The van der Waals surface area contributed by atoms with Gasteiger partial charge in [-0.15, -0.1) is 0 Å². The van der Waals surface area contributed by atoms with Gasteiger partial charge in [-0.2, -0.15) is 5.26 Å². The lowest BCUT2D eigenvalue weighted by Crippen LogP contribution is -2.30. The summed E-state index contributed by atoms with van der Waals surface area (Å²) in [5, 5.41) is 11.2. The van der Waals surface area contributed by atoms with Crippen molar-refractivity contribution in [1.29, 1.82) is 5.26 Å². The molecular weight excluding hydrogens is 429 g/mol. The summed E-state index contributed by atoms with van der Waals surface area (Å²) in [5.41, 5.74) is 2.54. The smallest absolute Gasteiger partial charge is 0.235 e. The van der Waals surface area contributed by atoms with Gasteiger partial charge in [0.1, 0.15) is 25.1 Å². The summed E-state index contributed by atoms with van der Waals surface area (Å²) in [6, 6.07) is 9.35. The van der Waals surface area contributed by atoms with E-state index in [2.05, 4.69) is 17.4 Å². The molecule has 1 heterocycles. The molecule has 3 rings (SSSR count). The van der Waals surface area contributed by atoms with E-state index in [1.165, 1.54) is 0 Å². The van der Waals surface area contributed by atoms with Crippen LogP contribution in [-0.4, -0.2) is 31.5 Å². The average Bonchev–Trinajstić information content (AvgIpc) is 3.59. The molecule has 0 aliphatic heterocycles. The summed E-state index contributed by atoms with van der Waals surface area (Å²) in [4.78, 5) is 0. The first-order chi connectivity index (χ1) is 15.4. The van der Waals surface area contributed by atoms with Crippen molar-refractivity contribution in [2.24, 2.45) is 0 Å². The molecule has 1 N–H and O–H groups in total. The molecular formula is C24H28FN3O3S. The average molecular weight is 458 g/mol. The van der Waals surface area contributed by atoms with Gasteiger partial charge in [0, 0.05) is 23.5 Å². The Kier molecular flexibility index (Phi) is 7.41. The monoisotopic (exact) mass is 457 g/mol. The quantitative estimate of drug-likeness (QED) is 0.554. The van der Waals surface area contributed by atoms with Crippen molar-refractivity contribution in [2.75, 3.05) is 18.0 Å². The number of aromatic nitrogens is 1. The zero-order chi connectivity index (χ0) is 23.3. The summed E-state index contributed by atoms with van der Waals surface area (Å²) >= 11 is 0. The Balaban J connectivity index is 2.10. The fourth-order valence-electron chi connectivity index (χ4n) is 3.66. The number of benzene rings is 1. The molecule has 1 aliphatic carbocycles. The summed E-state index contributed by atoms with van der Waals surface area (Å²) in [7, 11) is -3.34. The Bertz CT molecular complexity index is 1250. The number of hydrogen-bond donors (Lipinski definition) is 1. The lowest BCUT2D eigenvalue weighted by molar-refractivity contribution is 0.203. The van der Waals surface area contributed by atoms with Gasteiger partial charge in [-0.25, -0.2) is 12.8 Å². The molecule has 0 bridgehead atoms. The number of rotatable bonds is 10. The number of nitriles is 1. The van der Waals surface area contributed by atoms with Gasteiger partial charge in [-0.05, 0) is 43.9 Å². The number of halogens is 1. The molecule has 0 unspecified atom stereocenters. The zero-order valence-corrected chi connectivity index (χ0v) is 19.2. The Morgan fingerprint density at radius 3 is 2.59 bits per heavy atom. The van der Waals surface area contributed by atoms with E-state index >= 15 is 0 Å². The fraction of sp³-hybridized carbons (Fsp3) is 0.375.